The summed E-state index contributed by atoms with van der Waals surface area (Å²) in [6.45, 7) is 0. The van der Waals surface area contributed by atoms with Crippen LogP contribution in [-0.4, -0.2) is 40.1 Å². The molecule has 1 fully saturated rings. The van der Waals surface area contributed by atoms with Crippen LogP contribution in [0, 0.1) is 0 Å². The smallest absolute Gasteiger partial charge is 0.270 e. The number of fused-ring (bicyclic) bond motifs is 2. The molecule has 6 nitrogen and oxygen atoms in total. The fraction of sp³-hybridized carbons (Fsp3) is 0.364. The van der Waals surface area contributed by atoms with Gasteiger partial charge in [0.05, 0.1) is 29.7 Å². The maximum atomic E-state index is 13.2. The quantitative estimate of drug-likeness (QED) is 0.638. The van der Waals surface area contributed by atoms with Gasteiger partial charge in [0.2, 0.25) is 5.91 Å². The number of aromatic amines is 1. The van der Waals surface area contributed by atoms with Crippen LogP contribution in [0.5, 0.6) is 5.75 Å². The first-order chi connectivity index (χ1) is 14.7. The molecule has 3 heterocycles. The molecule has 2 aromatic carbocycles. The molecule has 1 amide bonds. The topological polar surface area (TPSA) is 76.1 Å². The molecule has 2 N–H and O–H groups in total. The Labute approximate surface area is 182 Å². The fourth-order valence-electron chi connectivity index (χ4n) is 4.41. The van der Waals surface area contributed by atoms with Crippen LogP contribution in [0.25, 0.3) is 10.8 Å². The predicted octanol–water partition coefficient (Wildman–Crippen LogP) is 4.18. The number of nitrogens with zero attached hydrogens (tertiary/aromatic N) is 1. The normalized spacial score (nSPS) is 19.9. The van der Waals surface area contributed by atoms with E-state index in [0.29, 0.717) is 17.1 Å². The van der Waals surface area contributed by atoms with Crippen LogP contribution in [0.15, 0.2) is 41.2 Å². The molecule has 8 heteroatoms. The van der Waals surface area contributed by atoms with E-state index in [1.54, 1.807) is 7.11 Å². The third kappa shape index (κ3) is 3.32. The average Bonchev–Trinajstić information content (AvgIpc) is 2.99. The summed E-state index contributed by atoms with van der Waals surface area (Å²) in [6.07, 6.45) is 1.97. The number of hydrogen-bond donors (Lipinski definition) is 2. The standard InChI is InChI=1S/C22H23N3O3S2/c1-28-17-7-6-16(14-4-2-3-5-15(14)17)20-19-21(23-18(26)12-30-20)25(24-22(19)27)13-8-10-29-11-9-13/h2-7,13,20H,8-12H2,1H3,(H,23,26)(H,24,27)/t20-/m1/s1. The third-order valence-corrected chi connectivity index (χ3v) is 8.14. The zero-order valence-electron chi connectivity index (χ0n) is 16.6. The van der Waals surface area contributed by atoms with Crippen molar-refractivity contribution in [2.45, 2.75) is 24.1 Å². The Balaban J connectivity index is 1.69. The number of hydrogen-bond acceptors (Lipinski definition) is 5. The van der Waals surface area contributed by atoms with Crippen molar-refractivity contribution in [1.29, 1.82) is 0 Å². The number of nitrogens with one attached hydrogen (secondary N) is 2. The summed E-state index contributed by atoms with van der Waals surface area (Å²) in [7, 11) is 1.66. The summed E-state index contributed by atoms with van der Waals surface area (Å²) in [5.74, 6) is 3.80. The van der Waals surface area contributed by atoms with E-state index in [1.165, 1.54) is 11.8 Å². The van der Waals surface area contributed by atoms with E-state index in [0.717, 1.165) is 46.4 Å². The molecule has 0 radical (unpaired) electrons. The van der Waals surface area contributed by atoms with Crippen LogP contribution < -0.4 is 15.6 Å². The molecule has 0 unspecified atom stereocenters. The maximum Gasteiger partial charge on any atom is 0.270 e. The molecule has 1 atom stereocenters. The highest BCUT2D eigenvalue weighted by Crippen LogP contribution is 2.44. The Hall–Kier alpha value is -2.32. The van der Waals surface area contributed by atoms with Crippen molar-refractivity contribution in [3.05, 3.63) is 57.9 Å². The molecule has 2 aliphatic heterocycles. The second kappa shape index (κ2) is 8.07. The van der Waals surface area contributed by atoms with Crippen molar-refractivity contribution in [2.75, 3.05) is 29.7 Å². The van der Waals surface area contributed by atoms with E-state index in [2.05, 4.69) is 16.5 Å². The van der Waals surface area contributed by atoms with E-state index < -0.39 is 0 Å². The van der Waals surface area contributed by atoms with Gasteiger partial charge >= 0.3 is 0 Å². The van der Waals surface area contributed by atoms with Gasteiger partial charge < -0.3 is 10.1 Å². The predicted molar refractivity (Wildman–Crippen MR) is 124 cm³/mol. The van der Waals surface area contributed by atoms with E-state index in [1.807, 2.05) is 46.8 Å². The molecule has 1 saturated heterocycles. The lowest BCUT2D eigenvalue weighted by atomic mass is 9.98. The van der Waals surface area contributed by atoms with E-state index in [4.69, 9.17) is 4.74 Å². The first kappa shape index (κ1) is 19.6. The number of rotatable bonds is 3. The molecule has 156 valence electrons. The van der Waals surface area contributed by atoms with Crippen molar-refractivity contribution in [3.63, 3.8) is 0 Å². The van der Waals surface area contributed by atoms with Gasteiger partial charge in [-0.05, 0) is 41.4 Å². The van der Waals surface area contributed by atoms with E-state index in [-0.39, 0.29) is 22.8 Å². The minimum Gasteiger partial charge on any atom is -0.496 e. The number of anilines is 1. The number of aromatic nitrogens is 2. The van der Waals surface area contributed by atoms with Crippen molar-refractivity contribution in [2.24, 2.45) is 0 Å². The molecule has 1 aromatic heterocycles. The Morgan fingerprint density at radius 1 is 1.07 bits per heavy atom. The lowest BCUT2D eigenvalue weighted by molar-refractivity contribution is -0.113. The van der Waals surface area contributed by atoms with E-state index in [9.17, 15) is 9.59 Å². The zero-order chi connectivity index (χ0) is 20.7. The van der Waals surface area contributed by atoms with Crippen LogP contribution >= 0.6 is 23.5 Å². The molecule has 30 heavy (non-hydrogen) atoms. The third-order valence-electron chi connectivity index (χ3n) is 5.84. The van der Waals surface area contributed by atoms with Crippen molar-refractivity contribution in [3.8, 4) is 5.75 Å². The summed E-state index contributed by atoms with van der Waals surface area (Å²) in [6, 6.07) is 12.2. The van der Waals surface area contributed by atoms with Gasteiger partial charge in [-0.3, -0.25) is 19.4 Å². The lowest BCUT2D eigenvalue weighted by Crippen LogP contribution is -2.22. The molecule has 0 saturated carbocycles. The molecule has 0 bridgehead atoms. The molecular weight excluding hydrogens is 418 g/mol. The van der Waals surface area contributed by atoms with Crippen LogP contribution in [0.3, 0.4) is 0 Å². The molecule has 0 spiro atoms. The number of thioether (sulfide) groups is 2. The first-order valence-corrected chi connectivity index (χ1v) is 12.3. The Morgan fingerprint density at radius 2 is 1.83 bits per heavy atom. The second-order valence-corrected chi connectivity index (χ2v) is 9.88. The summed E-state index contributed by atoms with van der Waals surface area (Å²) >= 11 is 3.44. The van der Waals surface area contributed by atoms with Crippen LogP contribution in [0.4, 0.5) is 5.82 Å². The first-order valence-electron chi connectivity index (χ1n) is 10.1. The minimum atomic E-state index is -0.238. The number of methoxy groups -OCH3 is 1. The van der Waals surface area contributed by atoms with Gasteiger partial charge in [-0.25, -0.2) is 0 Å². The minimum absolute atomic E-state index is 0.0699. The molecular formula is C22H23N3O3S2. The largest absolute Gasteiger partial charge is 0.496 e. The summed E-state index contributed by atoms with van der Waals surface area (Å²) in [4.78, 5) is 25.7. The summed E-state index contributed by atoms with van der Waals surface area (Å²) in [5.41, 5.74) is 1.54. The van der Waals surface area contributed by atoms with Crippen molar-refractivity contribution < 1.29 is 9.53 Å². The van der Waals surface area contributed by atoms with Gasteiger partial charge in [-0.1, -0.05) is 30.3 Å². The highest BCUT2D eigenvalue weighted by atomic mass is 32.2. The molecule has 3 aromatic rings. The number of benzene rings is 2. The fourth-order valence-corrected chi connectivity index (χ4v) is 6.65. The highest BCUT2D eigenvalue weighted by molar-refractivity contribution is 8.00. The van der Waals surface area contributed by atoms with Gasteiger partial charge in [0.1, 0.15) is 11.6 Å². The zero-order valence-corrected chi connectivity index (χ0v) is 18.3. The van der Waals surface area contributed by atoms with Gasteiger partial charge in [-0.15, -0.1) is 11.8 Å². The van der Waals surface area contributed by atoms with Gasteiger partial charge in [0.15, 0.2) is 0 Å². The number of amides is 1. The monoisotopic (exact) mass is 441 g/mol. The van der Waals surface area contributed by atoms with Gasteiger partial charge in [0.25, 0.3) is 5.56 Å². The number of ether oxygens (including phenoxy) is 1. The van der Waals surface area contributed by atoms with E-state index >= 15 is 0 Å². The van der Waals surface area contributed by atoms with Crippen molar-refractivity contribution >= 4 is 46.0 Å². The van der Waals surface area contributed by atoms with Crippen LogP contribution in [0.1, 0.15) is 35.3 Å². The second-order valence-electron chi connectivity index (χ2n) is 7.56. The van der Waals surface area contributed by atoms with Gasteiger partial charge in [0, 0.05) is 5.39 Å². The molecule has 2 aliphatic rings. The lowest BCUT2D eigenvalue weighted by Gasteiger charge is -2.24. The number of carbonyl (C=O) groups excluding carboxylic acids is 1. The highest BCUT2D eigenvalue weighted by Gasteiger charge is 2.33. The van der Waals surface area contributed by atoms with Gasteiger partial charge in [-0.2, -0.15) is 11.8 Å². The molecule has 0 aliphatic carbocycles. The summed E-state index contributed by atoms with van der Waals surface area (Å²) < 4.78 is 7.46. The van der Waals surface area contributed by atoms with Crippen LogP contribution in [0.2, 0.25) is 0 Å². The maximum absolute atomic E-state index is 13.2. The Morgan fingerprint density at radius 3 is 2.60 bits per heavy atom. The Kier molecular flexibility index (Phi) is 5.28. The SMILES string of the molecule is COc1ccc([C@H]2SCC(=O)Nc3c2c(=O)[nH]n3C2CCSCC2)c2ccccc12. The summed E-state index contributed by atoms with van der Waals surface area (Å²) in [5, 5.41) is 7.87. The molecule has 5 rings (SSSR count). The Bertz CT molecular complexity index is 1160. The average molecular weight is 442 g/mol. The number of H-pyrrole nitrogens is 1. The van der Waals surface area contributed by atoms with Crippen LogP contribution in [-0.2, 0) is 4.79 Å². The number of carbonyl (C=O) groups is 1. The van der Waals surface area contributed by atoms with Crippen molar-refractivity contribution in [1.82, 2.24) is 9.78 Å².